The molecule has 0 saturated heterocycles. The number of rotatable bonds is 1. The predicted octanol–water partition coefficient (Wildman–Crippen LogP) is -0.444. The molecule has 1 aliphatic rings. The Labute approximate surface area is 75.2 Å². The Bertz CT molecular complexity index is 471. The van der Waals surface area contributed by atoms with Crippen LogP contribution in [0, 0.1) is 5.92 Å². The van der Waals surface area contributed by atoms with Gasteiger partial charge in [0.15, 0.2) is 5.78 Å². The van der Waals surface area contributed by atoms with E-state index in [2.05, 4.69) is 0 Å². The molecule has 1 atom stereocenters. The van der Waals surface area contributed by atoms with Crippen LogP contribution < -0.4 is 10.4 Å². The molecule has 0 aliphatic heterocycles. The van der Waals surface area contributed by atoms with E-state index in [0.29, 0.717) is 0 Å². The number of carbonyl (C=O) groups excluding carboxylic acids is 2. The Kier molecular flexibility index (Phi) is 1.81. The van der Waals surface area contributed by atoms with Crippen molar-refractivity contribution in [3.8, 4) is 0 Å². The highest BCUT2D eigenvalue weighted by atomic mass is 16.1. The van der Waals surface area contributed by atoms with Crippen molar-refractivity contribution in [2.24, 2.45) is 5.92 Å². The zero-order valence-corrected chi connectivity index (χ0v) is 6.86. The second kappa shape index (κ2) is 2.98. The molecular formula is C11H7O2. The summed E-state index contributed by atoms with van der Waals surface area (Å²) in [6.45, 7) is 0. The standard InChI is InChI=1S/C11H7O2/c12-7-10-5-8-3-1-2-4-9(8)6-11(10)13/h1-6,10H. The lowest BCUT2D eigenvalue weighted by molar-refractivity contribution is -0.113. The first-order valence-electron chi connectivity index (χ1n) is 4.01. The van der Waals surface area contributed by atoms with Crippen molar-refractivity contribution >= 4 is 24.2 Å². The summed E-state index contributed by atoms with van der Waals surface area (Å²) < 4.78 is 0. The maximum atomic E-state index is 11.2. The molecule has 1 unspecified atom stereocenters. The normalized spacial score (nSPS) is 19.7. The molecule has 2 heteroatoms. The summed E-state index contributed by atoms with van der Waals surface area (Å²) in [5, 5.41) is 1.80. The topological polar surface area (TPSA) is 34.1 Å². The van der Waals surface area contributed by atoms with Gasteiger partial charge in [-0.3, -0.25) is 9.59 Å². The third-order valence-electron chi connectivity index (χ3n) is 2.07. The maximum absolute atomic E-state index is 11.2. The van der Waals surface area contributed by atoms with Crippen LogP contribution >= 0.6 is 0 Å². The fraction of sp³-hybridized carbons (Fsp3) is 0.0909. The van der Waals surface area contributed by atoms with E-state index in [1.54, 1.807) is 12.4 Å². The van der Waals surface area contributed by atoms with Crippen LogP contribution in [-0.2, 0) is 9.59 Å². The van der Waals surface area contributed by atoms with Gasteiger partial charge in [-0.15, -0.1) is 0 Å². The molecule has 2 nitrogen and oxygen atoms in total. The van der Waals surface area contributed by atoms with Gasteiger partial charge in [-0.25, -0.2) is 0 Å². The summed E-state index contributed by atoms with van der Waals surface area (Å²) in [5.74, 6) is -0.899. The second-order valence-electron chi connectivity index (χ2n) is 2.94. The summed E-state index contributed by atoms with van der Waals surface area (Å²) in [7, 11) is 0. The number of fused-ring (bicyclic) bond motifs is 1. The summed E-state index contributed by atoms with van der Waals surface area (Å²) in [6, 6.07) is 7.47. The van der Waals surface area contributed by atoms with Gasteiger partial charge < -0.3 is 0 Å². The molecule has 0 amide bonds. The van der Waals surface area contributed by atoms with Crippen LogP contribution in [0.25, 0.3) is 12.2 Å². The van der Waals surface area contributed by atoms with E-state index in [9.17, 15) is 9.59 Å². The van der Waals surface area contributed by atoms with Crippen molar-refractivity contribution in [1.29, 1.82) is 0 Å². The first-order valence-corrected chi connectivity index (χ1v) is 4.01. The molecule has 1 aromatic rings. The Hall–Kier alpha value is -1.70. The number of Topliss-reactive ketones (excluding diaryl/α,β-unsaturated/α-hetero) is 1. The monoisotopic (exact) mass is 171 g/mol. The molecule has 1 aromatic carbocycles. The third kappa shape index (κ3) is 1.31. The maximum Gasteiger partial charge on any atom is 0.214 e. The van der Waals surface area contributed by atoms with Gasteiger partial charge in [-0.2, -0.15) is 0 Å². The molecule has 0 N–H and O–H groups in total. The Balaban J connectivity index is 2.72. The highest BCUT2D eigenvalue weighted by Gasteiger charge is 2.15. The van der Waals surface area contributed by atoms with E-state index in [1.807, 2.05) is 24.3 Å². The SMILES string of the molecule is O=[C]C1C=c2ccccc2=CC1=O. The van der Waals surface area contributed by atoms with Crippen LogP contribution in [0.1, 0.15) is 0 Å². The average Bonchev–Trinajstić information content (AvgIpc) is 2.17. The van der Waals surface area contributed by atoms with Crippen molar-refractivity contribution in [3.63, 3.8) is 0 Å². The summed E-state index contributed by atoms with van der Waals surface area (Å²) in [5.41, 5.74) is 0. The lowest BCUT2D eigenvalue weighted by atomic mass is 9.98. The first kappa shape index (κ1) is 7.92. The van der Waals surface area contributed by atoms with Gasteiger partial charge in [0.2, 0.25) is 6.29 Å². The summed E-state index contributed by atoms with van der Waals surface area (Å²) in [4.78, 5) is 21.6. The average molecular weight is 171 g/mol. The van der Waals surface area contributed by atoms with Crippen LogP contribution in [0.3, 0.4) is 0 Å². The van der Waals surface area contributed by atoms with E-state index in [4.69, 9.17) is 0 Å². The molecule has 1 radical (unpaired) electrons. The second-order valence-corrected chi connectivity index (χ2v) is 2.94. The molecule has 0 bridgehead atoms. The third-order valence-corrected chi connectivity index (χ3v) is 2.07. The first-order chi connectivity index (χ1) is 6.31. The number of carbonyl (C=O) groups is 1. The smallest absolute Gasteiger partial charge is 0.214 e. The predicted molar refractivity (Wildman–Crippen MR) is 48.8 cm³/mol. The summed E-state index contributed by atoms with van der Waals surface area (Å²) >= 11 is 0. The van der Waals surface area contributed by atoms with Gasteiger partial charge in [0.25, 0.3) is 0 Å². The highest BCUT2D eigenvalue weighted by molar-refractivity contribution is 6.17. The van der Waals surface area contributed by atoms with Gasteiger partial charge in [-0.1, -0.05) is 30.3 Å². The Morgan fingerprint density at radius 1 is 1.15 bits per heavy atom. The molecule has 0 heterocycles. The quantitative estimate of drug-likeness (QED) is 0.537. The number of hydrogen-bond donors (Lipinski definition) is 0. The van der Waals surface area contributed by atoms with E-state index in [1.165, 1.54) is 6.08 Å². The Morgan fingerprint density at radius 2 is 1.85 bits per heavy atom. The molecule has 0 saturated carbocycles. The molecule has 13 heavy (non-hydrogen) atoms. The van der Waals surface area contributed by atoms with Crippen molar-refractivity contribution in [1.82, 2.24) is 0 Å². The van der Waals surface area contributed by atoms with Crippen molar-refractivity contribution in [2.75, 3.05) is 0 Å². The van der Waals surface area contributed by atoms with Gasteiger partial charge in [0.05, 0.1) is 0 Å². The van der Waals surface area contributed by atoms with Crippen LogP contribution in [0.4, 0.5) is 0 Å². The van der Waals surface area contributed by atoms with Crippen molar-refractivity contribution in [3.05, 3.63) is 34.7 Å². The molecular weight excluding hydrogens is 164 g/mol. The fourth-order valence-electron chi connectivity index (χ4n) is 1.39. The number of hydrogen-bond acceptors (Lipinski definition) is 2. The molecule has 0 aromatic heterocycles. The van der Waals surface area contributed by atoms with Crippen molar-refractivity contribution < 1.29 is 9.59 Å². The number of ketones is 1. The molecule has 63 valence electrons. The van der Waals surface area contributed by atoms with Crippen LogP contribution in [-0.4, -0.2) is 12.1 Å². The minimum Gasteiger partial charge on any atom is -0.294 e. The highest BCUT2D eigenvalue weighted by Crippen LogP contribution is 1.99. The van der Waals surface area contributed by atoms with Gasteiger partial charge >= 0.3 is 0 Å². The minimum absolute atomic E-state index is 0.186. The summed E-state index contributed by atoms with van der Waals surface area (Å²) in [6.07, 6.45) is 4.84. The van der Waals surface area contributed by atoms with E-state index < -0.39 is 5.92 Å². The van der Waals surface area contributed by atoms with Gasteiger partial charge in [0, 0.05) is 0 Å². The fourth-order valence-corrected chi connectivity index (χ4v) is 1.39. The zero-order valence-electron chi connectivity index (χ0n) is 6.86. The molecule has 2 rings (SSSR count). The molecule has 0 spiro atoms. The number of benzene rings is 1. The zero-order chi connectivity index (χ0) is 9.26. The van der Waals surface area contributed by atoms with Gasteiger partial charge in [0.1, 0.15) is 5.92 Å². The Morgan fingerprint density at radius 3 is 2.54 bits per heavy atom. The van der Waals surface area contributed by atoms with E-state index in [0.717, 1.165) is 10.4 Å². The largest absolute Gasteiger partial charge is 0.294 e. The van der Waals surface area contributed by atoms with Crippen LogP contribution in [0.5, 0.6) is 0 Å². The van der Waals surface area contributed by atoms with Gasteiger partial charge in [-0.05, 0) is 16.5 Å². The molecule has 0 fully saturated rings. The minimum atomic E-state index is -0.713. The van der Waals surface area contributed by atoms with Crippen LogP contribution in [0.2, 0.25) is 0 Å². The lowest BCUT2D eigenvalue weighted by Crippen LogP contribution is -2.33. The molecule has 1 aliphatic carbocycles. The van der Waals surface area contributed by atoms with E-state index >= 15 is 0 Å². The van der Waals surface area contributed by atoms with E-state index in [-0.39, 0.29) is 5.78 Å². The lowest BCUT2D eigenvalue weighted by Gasteiger charge is -2.03. The van der Waals surface area contributed by atoms with Crippen molar-refractivity contribution in [2.45, 2.75) is 0 Å². The van der Waals surface area contributed by atoms with Crippen LogP contribution in [0.15, 0.2) is 24.3 Å².